The monoisotopic (exact) mass is 217 g/mol. The molecule has 0 aromatic rings. The summed E-state index contributed by atoms with van der Waals surface area (Å²) in [6.07, 6.45) is 1.27. The van der Waals surface area contributed by atoms with Crippen molar-refractivity contribution in [3.8, 4) is 0 Å². The molecule has 0 amide bonds. The van der Waals surface area contributed by atoms with Crippen LogP contribution in [0.3, 0.4) is 0 Å². The molecule has 0 aromatic carbocycles. The Morgan fingerprint density at radius 2 is 2.20 bits per heavy atom. The van der Waals surface area contributed by atoms with E-state index in [4.69, 9.17) is 5.73 Å². The first kappa shape index (κ1) is 11.9. The molecule has 0 aromatic heterocycles. The molecule has 0 aliphatic carbocycles. The van der Waals surface area contributed by atoms with E-state index in [2.05, 4.69) is 9.47 Å². The number of rotatable bonds is 0. The van der Waals surface area contributed by atoms with E-state index in [1.807, 2.05) is 0 Å². The zero-order valence-electron chi connectivity index (χ0n) is 8.56. The molecule has 3 N–H and O–H groups in total. The van der Waals surface area contributed by atoms with E-state index < -0.39 is 24.5 Å². The fourth-order valence-electron chi connectivity index (χ4n) is 1.23. The molecule has 0 bridgehead atoms. The van der Waals surface area contributed by atoms with Crippen LogP contribution in [0.1, 0.15) is 26.2 Å². The quantitative estimate of drug-likeness (QED) is 0.419. The fraction of sp³-hybridized carbons (Fsp3) is 0.778. The predicted molar refractivity (Wildman–Crippen MR) is 49.2 cm³/mol. The van der Waals surface area contributed by atoms with Gasteiger partial charge in [0.05, 0.1) is 5.92 Å². The average molecular weight is 217 g/mol. The molecule has 15 heavy (non-hydrogen) atoms. The van der Waals surface area contributed by atoms with Gasteiger partial charge in [0.1, 0.15) is 0 Å². The summed E-state index contributed by atoms with van der Waals surface area (Å²) in [7, 11) is 0. The van der Waals surface area contributed by atoms with Crippen LogP contribution >= 0.6 is 0 Å². The molecule has 1 fully saturated rings. The van der Waals surface area contributed by atoms with Crippen molar-refractivity contribution in [2.75, 3.05) is 6.61 Å². The van der Waals surface area contributed by atoms with Crippen molar-refractivity contribution in [3.63, 3.8) is 0 Å². The Kier molecular flexibility index (Phi) is 3.65. The highest BCUT2D eigenvalue weighted by molar-refractivity contribution is 5.73. The summed E-state index contributed by atoms with van der Waals surface area (Å²) in [5, 5.41) is 9.36. The number of nitrogens with two attached hydrogens (primary N) is 1. The van der Waals surface area contributed by atoms with Crippen LogP contribution in [0.4, 0.5) is 0 Å². The second-order valence-corrected chi connectivity index (χ2v) is 3.72. The van der Waals surface area contributed by atoms with Gasteiger partial charge >= 0.3 is 17.8 Å². The van der Waals surface area contributed by atoms with E-state index in [1.54, 1.807) is 6.92 Å². The van der Waals surface area contributed by atoms with Gasteiger partial charge in [-0.05, 0) is 12.8 Å². The molecule has 0 saturated carbocycles. The van der Waals surface area contributed by atoms with Crippen molar-refractivity contribution >= 4 is 11.9 Å². The summed E-state index contributed by atoms with van der Waals surface area (Å²) in [6, 6.07) is 0. The predicted octanol–water partition coefficient (Wildman–Crippen LogP) is -0.502. The Bertz CT molecular complexity index is 263. The van der Waals surface area contributed by atoms with Crippen LogP contribution in [0.25, 0.3) is 0 Å². The van der Waals surface area contributed by atoms with E-state index in [1.165, 1.54) is 0 Å². The number of cyclic esters (lactones) is 2. The van der Waals surface area contributed by atoms with Gasteiger partial charge in [-0.2, -0.15) is 0 Å². The van der Waals surface area contributed by atoms with Gasteiger partial charge in [-0.25, -0.2) is 0 Å². The molecule has 2 atom stereocenters. The van der Waals surface area contributed by atoms with Gasteiger partial charge in [0.15, 0.2) is 6.61 Å². The van der Waals surface area contributed by atoms with Gasteiger partial charge in [0.2, 0.25) is 0 Å². The normalized spacial score (nSPS) is 34.2. The Morgan fingerprint density at radius 1 is 1.53 bits per heavy atom. The Balaban J connectivity index is 2.66. The molecule has 2 unspecified atom stereocenters. The molecule has 1 aliphatic heterocycles. The molecule has 6 heteroatoms. The van der Waals surface area contributed by atoms with Crippen molar-refractivity contribution in [3.05, 3.63) is 0 Å². The van der Waals surface area contributed by atoms with Gasteiger partial charge in [-0.15, -0.1) is 0 Å². The van der Waals surface area contributed by atoms with Crippen LogP contribution in [-0.2, 0) is 19.1 Å². The third-order valence-electron chi connectivity index (χ3n) is 2.14. The number of esters is 2. The number of ether oxygens (including phenoxy) is 2. The smallest absolute Gasteiger partial charge is 0.312 e. The maximum absolute atomic E-state index is 11.3. The first-order valence-corrected chi connectivity index (χ1v) is 4.80. The number of aliphatic hydroxyl groups is 1. The minimum atomic E-state index is -2.22. The van der Waals surface area contributed by atoms with Crippen molar-refractivity contribution in [2.24, 2.45) is 11.7 Å². The van der Waals surface area contributed by atoms with Crippen molar-refractivity contribution in [2.45, 2.75) is 32.1 Å². The second-order valence-electron chi connectivity index (χ2n) is 3.72. The third kappa shape index (κ3) is 3.85. The lowest BCUT2D eigenvalue weighted by atomic mass is 10.0. The molecule has 1 heterocycles. The molecule has 1 aliphatic rings. The molecule has 0 spiro atoms. The number of hydrogen-bond acceptors (Lipinski definition) is 6. The number of carbonyl (C=O) groups is 2. The van der Waals surface area contributed by atoms with Gasteiger partial charge in [-0.1, -0.05) is 6.92 Å². The average Bonchev–Trinajstić information content (AvgIpc) is 2.13. The zero-order chi connectivity index (χ0) is 11.5. The molecule has 1 rings (SSSR count). The zero-order valence-corrected chi connectivity index (χ0v) is 8.56. The molecular weight excluding hydrogens is 202 g/mol. The number of hydrogen-bond donors (Lipinski definition) is 2. The standard InChI is InChI=1S/C9H15NO5/c1-6-3-2-4-7(11)14-5-9(10,13)15-8(6)12/h6,13H,2-5,10H2,1H3. The van der Waals surface area contributed by atoms with Crippen molar-refractivity contribution < 1.29 is 24.2 Å². The van der Waals surface area contributed by atoms with Crippen LogP contribution in [0, 0.1) is 5.92 Å². The van der Waals surface area contributed by atoms with E-state index in [-0.39, 0.29) is 12.3 Å². The van der Waals surface area contributed by atoms with Gasteiger partial charge < -0.3 is 14.6 Å². The van der Waals surface area contributed by atoms with Crippen molar-refractivity contribution in [1.29, 1.82) is 0 Å². The summed E-state index contributed by atoms with van der Waals surface area (Å²) in [6.45, 7) is 1.12. The third-order valence-corrected chi connectivity index (χ3v) is 2.14. The maximum atomic E-state index is 11.3. The minimum Gasteiger partial charge on any atom is -0.457 e. The lowest BCUT2D eigenvalue weighted by molar-refractivity contribution is -0.230. The Labute approximate surface area is 87.3 Å². The summed E-state index contributed by atoms with van der Waals surface area (Å²) < 4.78 is 9.22. The first-order valence-electron chi connectivity index (χ1n) is 4.80. The second kappa shape index (κ2) is 4.59. The fourth-order valence-corrected chi connectivity index (χ4v) is 1.23. The SMILES string of the molecule is CC1CCCC(=O)OCC(N)(O)OC1=O. The van der Waals surface area contributed by atoms with Crippen molar-refractivity contribution in [1.82, 2.24) is 0 Å². The summed E-state index contributed by atoms with van der Waals surface area (Å²) in [5.41, 5.74) is 5.22. The lowest BCUT2D eigenvalue weighted by Crippen LogP contribution is -2.50. The van der Waals surface area contributed by atoms with Crippen LogP contribution < -0.4 is 5.73 Å². The highest BCUT2D eigenvalue weighted by Crippen LogP contribution is 2.15. The summed E-state index contributed by atoms with van der Waals surface area (Å²) >= 11 is 0. The first-order chi connectivity index (χ1) is 6.91. The molecule has 6 nitrogen and oxygen atoms in total. The van der Waals surface area contributed by atoms with E-state index in [9.17, 15) is 14.7 Å². The van der Waals surface area contributed by atoms with E-state index >= 15 is 0 Å². The van der Waals surface area contributed by atoms with Gasteiger partial charge in [-0.3, -0.25) is 15.3 Å². The van der Waals surface area contributed by atoms with Gasteiger partial charge in [0.25, 0.3) is 0 Å². The van der Waals surface area contributed by atoms with E-state index in [0.717, 1.165) is 0 Å². The minimum absolute atomic E-state index is 0.216. The molecular formula is C9H15NO5. The summed E-state index contributed by atoms with van der Waals surface area (Å²) in [4.78, 5) is 22.4. The maximum Gasteiger partial charge on any atom is 0.312 e. The number of carbonyl (C=O) groups excluding carboxylic acids is 2. The topological polar surface area (TPSA) is 98.8 Å². The summed E-state index contributed by atoms with van der Waals surface area (Å²) in [5.74, 6) is -3.65. The van der Waals surface area contributed by atoms with Crippen LogP contribution in [-0.4, -0.2) is 29.6 Å². The molecule has 1 saturated heterocycles. The van der Waals surface area contributed by atoms with E-state index in [0.29, 0.717) is 12.8 Å². The highest BCUT2D eigenvalue weighted by atomic mass is 16.7. The Morgan fingerprint density at radius 3 is 2.87 bits per heavy atom. The highest BCUT2D eigenvalue weighted by Gasteiger charge is 2.31. The molecule has 0 radical (unpaired) electrons. The molecule has 86 valence electrons. The van der Waals surface area contributed by atoms with Crippen LogP contribution in [0.5, 0.6) is 0 Å². The van der Waals surface area contributed by atoms with Crippen LogP contribution in [0.2, 0.25) is 0 Å². The van der Waals surface area contributed by atoms with Gasteiger partial charge in [0, 0.05) is 6.42 Å². The largest absolute Gasteiger partial charge is 0.457 e. The lowest BCUT2D eigenvalue weighted by Gasteiger charge is -2.25. The Hall–Kier alpha value is -1.14. The van der Waals surface area contributed by atoms with Crippen LogP contribution in [0.15, 0.2) is 0 Å².